The van der Waals surface area contributed by atoms with Gasteiger partial charge in [0.05, 0.1) is 5.41 Å². The Kier molecular flexibility index (Phi) is 5.75. The summed E-state index contributed by atoms with van der Waals surface area (Å²) in [6, 6.07) is 7.67. The average Bonchev–Trinajstić information content (AvgIpc) is 2.51. The first-order chi connectivity index (χ1) is 10.6. The third-order valence-corrected chi connectivity index (χ3v) is 5.02. The molecule has 0 unspecified atom stereocenters. The Bertz CT molecular complexity index is 608. The SMILES string of the molecule is [N-]=[N+]=NCCCC1(Cc2ccccc2Br)C(=O)CCCC1=O. The Morgan fingerprint density at radius 2 is 1.91 bits per heavy atom. The van der Waals surface area contributed by atoms with Crippen molar-refractivity contribution in [1.82, 2.24) is 0 Å². The van der Waals surface area contributed by atoms with E-state index in [9.17, 15) is 9.59 Å². The number of halogens is 1. The summed E-state index contributed by atoms with van der Waals surface area (Å²) >= 11 is 3.49. The highest BCUT2D eigenvalue weighted by Gasteiger charge is 2.46. The van der Waals surface area contributed by atoms with Crippen LogP contribution in [0, 0.1) is 5.41 Å². The zero-order valence-electron chi connectivity index (χ0n) is 12.3. The average molecular weight is 364 g/mol. The van der Waals surface area contributed by atoms with Crippen LogP contribution in [0.15, 0.2) is 33.9 Å². The summed E-state index contributed by atoms with van der Waals surface area (Å²) in [6.45, 7) is 0.314. The van der Waals surface area contributed by atoms with Gasteiger partial charge in [0, 0.05) is 28.8 Å². The predicted octanol–water partition coefficient (Wildman–Crippen LogP) is 4.39. The molecule has 0 atom stereocenters. The minimum Gasteiger partial charge on any atom is -0.299 e. The van der Waals surface area contributed by atoms with Crippen LogP contribution in [0.4, 0.5) is 0 Å². The van der Waals surface area contributed by atoms with Gasteiger partial charge in [-0.3, -0.25) is 9.59 Å². The molecule has 2 rings (SSSR count). The number of ketones is 2. The van der Waals surface area contributed by atoms with E-state index in [1.807, 2.05) is 24.3 Å². The first kappa shape index (κ1) is 16.7. The standard InChI is InChI=1S/C16H18BrN3O2/c17-13-6-2-1-5-12(13)11-16(9-4-10-19-20-18)14(21)7-3-8-15(16)22/h1-2,5-6H,3-4,7-11H2. The van der Waals surface area contributed by atoms with Crippen LogP contribution in [0.3, 0.4) is 0 Å². The third kappa shape index (κ3) is 3.57. The van der Waals surface area contributed by atoms with Crippen LogP contribution in [0.1, 0.15) is 37.7 Å². The molecule has 0 radical (unpaired) electrons. The molecule has 0 heterocycles. The van der Waals surface area contributed by atoms with Gasteiger partial charge < -0.3 is 0 Å². The molecule has 1 aliphatic carbocycles. The second-order valence-electron chi connectivity index (χ2n) is 5.61. The van der Waals surface area contributed by atoms with Gasteiger partial charge in [0.2, 0.25) is 0 Å². The zero-order chi connectivity index (χ0) is 16.0. The molecule has 1 aliphatic rings. The fraction of sp³-hybridized carbons (Fsp3) is 0.500. The molecule has 0 aliphatic heterocycles. The van der Waals surface area contributed by atoms with Crippen molar-refractivity contribution < 1.29 is 9.59 Å². The topological polar surface area (TPSA) is 82.9 Å². The molecule has 1 saturated carbocycles. The van der Waals surface area contributed by atoms with Crippen molar-refractivity contribution in [3.63, 3.8) is 0 Å². The fourth-order valence-corrected chi connectivity index (χ4v) is 3.50. The fourth-order valence-electron chi connectivity index (χ4n) is 3.07. The van der Waals surface area contributed by atoms with Gasteiger partial charge in [0.25, 0.3) is 0 Å². The Labute approximate surface area is 137 Å². The molecule has 0 spiro atoms. The molecular weight excluding hydrogens is 346 g/mol. The van der Waals surface area contributed by atoms with E-state index in [2.05, 4.69) is 26.0 Å². The van der Waals surface area contributed by atoms with Crippen LogP contribution in [0.5, 0.6) is 0 Å². The maximum absolute atomic E-state index is 12.6. The van der Waals surface area contributed by atoms with Gasteiger partial charge in [-0.05, 0) is 42.8 Å². The lowest BCUT2D eigenvalue weighted by atomic mass is 9.66. The van der Waals surface area contributed by atoms with Crippen molar-refractivity contribution >= 4 is 27.5 Å². The van der Waals surface area contributed by atoms with Crippen molar-refractivity contribution in [2.75, 3.05) is 6.54 Å². The summed E-state index contributed by atoms with van der Waals surface area (Å²) in [5, 5.41) is 3.51. The van der Waals surface area contributed by atoms with Crippen LogP contribution in [-0.2, 0) is 16.0 Å². The highest BCUT2D eigenvalue weighted by atomic mass is 79.9. The van der Waals surface area contributed by atoms with E-state index in [0.717, 1.165) is 10.0 Å². The second kappa shape index (κ2) is 7.56. The molecule has 1 aromatic rings. The van der Waals surface area contributed by atoms with E-state index >= 15 is 0 Å². The van der Waals surface area contributed by atoms with Gasteiger partial charge in [-0.15, -0.1) is 0 Å². The van der Waals surface area contributed by atoms with E-state index in [0.29, 0.717) is 45.1 Å². The van der Waals surface area contributed by atoms with Gasteiger partial charge in [-0.2, -0.15) is 0 Å². The molecule has 0 N–H and O–H groups in total. The van der Waals surface area contributed by atoms with Crippen LogP contribution in [-0.4, -0.2) is 18.1 Å². The van der Waals surface area contributed by atoms with E-state index in [4.69, 9.17) is 5.53 Å². The van der Waals surface area contributed by atoms with E-state index in [1.165, 1.54) is 0 Å². The Morgan fingerprint density at radius 3 is 2.55 bits per heavy atom. The molecule has 6 heteroatoms. The number of benzene rings is 1. The predicted molar refractivity (Wildman–Crippen MR) is 87.4 cm³/mol. The lowest BCUT2D eigenvalue weighted by Crippen LogP contribution is -2.44. The van der Waals surface area contributed by atoms with Gasteiger partial charge in [0.1, 0.15) is 11.6 Å². The number of rotatable bonds is 6. The normalized spacial score (nSPS) is 17.1. The minimum atomic E-state index is -0.951. The summed E-state index contributed by atoms with van der Waals surface area (Å²) in [7, 11) is 0. The molecule has 22 heavy (non-hydrogen) atoms. The molecule has 1 fully saturated rings. The number of carbonyl (C=O) groups excluding carboxylic acids is 2. The largest absolute Gasteiger partial charge is 0.299 e. The van der Waals surface area contributed by atoms with Crippen molar-refractivity contribution in [3.05, 3.63) is 44.7 Å². The number of carbonyl (C=O) groups is 2. The third-order valence-electron chi connectivity index (χ3n) is 4.25. The summed E-state index contributed by atoms with van der Waals surface area (Å²) in [6.07, 6.45) is 2.97. The minimum absolute atomic E-state index is 0.0282. The van der Waals surface area contributed by atoms with Gasteiger partial charge in [0.15, 0.2) is 0 Å². The number of hydrogen-bond donors (Lipinski definition) is 0. The van der Waals surface area contributed by atoms with Crippen LogP contribution < -0.4 is 0 Å². The molecule has 0 saturated heterocycles. The van der Waals surface area contributed by atoms with Crippen molar-refractivity contribution in [3.8, 4) is 0 Å². The quantitative estimate of drug-likeness (QED) is 0.247. The van der Waals surface area contributed by atoms with Gasteiger partial charge in [-0.1, -0.05) is 39.2 Å². The van der Waals surface area contributed by atoms with E-state index in [1.54, 1.807) is 0 Å². The zero-order valence-corrected chi connectivity index (χ0v) is 13.9. The van der Waals surface area contributed by atoms with Crippen LogP contribution >= 0.6 is 15.9 Å². The van der Waals surface area contributed by atoms with Crippen molar-refractivity contribution in [1.29, 1.82) is 0 Å². The Hall–Kier alpha value is -1.65. The summed E-state index contributed by atoms with van der Waals surface area (Å²) < 4.78 is 0.913. The van der Waals surface area contributed by atoms with Gasteiger partial charge >= 0.3 is 0 Å². The maximum Gasteiger partial charge on any atom is 0.146 e. The molecule has 5 nitrogen and oxygen atoms in total. The number of hydrogen-bond acceptors (Lipinski definition) is 3. The number of azide groups is 1. The highest BCUT2D eigenvalue weighted by molar-refractivity contribution is 9.10. The monoisotopic (exact) mass is 363 g/mol. The Balaban J connectivity index is 2.28. The maximum atomic E-state index is 12.6. The lowest BCUT2D eigenvalue weighted by molar-refractivity contribution is -0.144. The van der Waals surface area contributed by atoms with Gasteiger partial charge in [-0.25, -0.2) is 0 Å². The van der Waals surface area contributed by atoms with E-state index in [-0.39, 0.29) is 11.6 Å². The molecule has 116 valence electrons. The Morgan fingerprint density at radius 1 is 1.23 bits per heavy atom. The lowest BCUT2D eigenvalue weighted by Gasteiger charge is -2.34. The summed E-state index contributed by atoms with van der Waals surface area (Å²) in [4.78, 5) is 27.9. The van der Waals surface area contributed by atoms with Crippen molar-refractivity contribution in [2.45, 2.75) is 38.5 Å². The first-order valence-corrected chi connectivity index (χ1v) is 8.20. The van der Waals surface area contributed by atoms with Crippen molar-refractivity contribution in [2.24, 2.45) is 10.5 Å². The van der Waals surface area contributed by atoms with E-state index < -0.39 is 5.41 Å². The van der Waals surface area contributed by atoms with Crippen LogP contribution in [0.25, 0.3) is 10.4 Å². The molecule has 0 bridgehead atoms. The summed E-state index contributed by atoms with van der Waals surface area (Å²) in [5.41, 5.74) is 8.38. The number of nitrogens with zero attached hydrogens (tertiary/aromatic N) is 3. The number of Topliss-reactive ketones (excluding diaryl/α,β-unsaturated/α-hetero) is 2. The first-order valence-electron chi connectivity index (χ1n) is 7.41. The van der Waals surface area contributed by atoms with Crippen LogP contribution in [0.2, 0.25) is 0 Å². The molecule has 1 aromatic carbocycles. The second-order valence-corrected chi connectivity index (χ2v) is 6.46. The highest BCUT2D eigenvalue weighted by Crippen LogP contribution is 2.39. The summed E-state index contributed by atoms with van der Waals surface area (Å²) in [5.74, 6) is 0.0564. The smallest absolute Gasteiger partial charge is 0.146 e. The molecule has 0 aromatic heterocycles. The molecule has 0 amide bonds. The molecular formula is C16H18BrN3O2.